The van der Waals surface area contributed by atoms with Crippen LogP contribution in [0.1, 0.15) is 25.7 Å². The second-order valence-electron chi connectivity index (χ2n) is 5.12. The van der Waals surface area contributed by atoms with E-state index < -0.39 is 0 Å². The van der Waals surface area contributed by atoms with Gasteiger partial charge < -0.3 is 14.8 Å². The van der Waals surface area contributed by atoms with Crippen LogP contribution in [-0.4, -0.2) is 26.8 Å². The molecule has 0 atom stereocenters. The van der Waals surface area contributed by atoms with Gasteiger partial charge in [0.05, 0.1) is 16.1 Å². The third-order valence-corrected chi connectivity index (χ3v) is 4.89. The zero-order valence-electron chi connectivity index (χ0n) is 11.8. The fourth-order valence-electron chi connectivity index (χ4n) is 2.53. The van der Waals surface area contributed by atoms with E-state index in [2.05, 4.69) is 37.2 Å². The Bertz CT molecular complexity index is 434. The van der Waals surface area contributed by atoms with Crippen molar-refractivity contribution in [1.29, 1.82) is 0 Å². The molecule has 2 rings (SSSR count). The summed E-state index contributed by atoms with van der Waals surface area (Å²) in [5.74, 6) is 2.50. The quantitative estimate of drug-likeness (QED) is 0.681. The van der Waals surface area contributed by atoms with Crippen molar-refractivity contribution in [1.82, 2.24) is 5.32 Å². The van der Waals surface area contributed by atoms with Gasteiger partial charge in [0.1, 0.15) is 18.1 Å². The van der Waals surface area contributed by atoms with Gasteiger partial charge in [-0.05, 0) is 69.3 Å². The van der Waals surface area contributed by atoms with Crippen LogP contribution in [0, 0.1) is 5.92 Å². The van der Waals surface area contributed by atoms with Gasteiger partial charge in [-0.15, -0.1) is 0 Å². The zero-order valence-corrected chi connectivity index (χ0v) is 14.9. The van der Waals surface area contributed by atoms with Crippen LogP contribution in [0.25, 0.3) is 0 Å². The van der Waals surface area contributed by atoms with Crippen molar-refractivity contribution in [3.05, 3.63) is 21.1 Å². The first-order valence-electron chi connectivity index (χ1n) is 7.07. The predicted molar refractivity (Wildman–Crippen MR) is 88.7 cm³/mol. The molecule has 20 heavy (non-hydrogen) atoms. The zero-order chi connectivity index (χ0) is 14.4. The van der Waals surface area contributed by atoms with Crippen molar-refractivity contribution < 1.29 is 9.47 Å². The van der Waals surface area contributed by atoms with Gasteiger partial charge >= 0.3 is 0 Å². The molecule has 0 bridgehead atoms. The number of hydrogen-bond acceptors (Lipinski definition) is 3. The Labute approximate surface area is 137 Å². The Morgan fingerprint density at radius 3 is 2.50 bits per heavy atom. The lowest BCUT2D eigenvalue weighted by Crippen LogP contribution is -2.26. The largest absolute Gasteiger partial charge is 0.496 e. The number of nitrogens with one attached hydrogen (secondary N) is 1. The average molecular weight is 407 g/mol. The van der Waals surface area contributed by atoms with Gasteiger partial charge in [-0.1, -0.05) is 12.8 Å². The molecule has 112 valence electrons. The van der Waals surface area contributed by atoms with Crippen LogP contribution in [0.15, 0.2) is 21.1 Å². The van der Waals surface area contributed by atoms with E-state index in [4.69, 9.17) is 9.47 Å². The lowest BCUT2D eigenvalue weighted by molar-refractivity contribution is 0.306. The smallest absolute Gasteiger partial charge is 0.134 e. The van der Waals surface area contributed by atoms with Crippen LogP contribution in [0.5, 0.6) is 11.5 Å². The molecular formula is C15H21Br2NO2. The summed E-state index contributed by atoms with van der Waals surface area (Å²) >= 11 is 6.97. The van der Waals surface area contributed by atoms with Crippen molar-refractivity contribution in [3.8, 4) is 11.5 Å². The molecule has 1 N–H and O–H groups in total. The van der Waals surface area contributed by atoms with E-state index in [1.54, 1.807) is 7.11 Å². The number of methoxy groups -OCH3 is 1. The molecule has 0 spiro atoms. The highest BCUT2D eigenvalue weighted by Gasteiger charge is 2.14. The van der Waals surface area contributed by atoms with E-state index in [1.807, 2.05) is 12.1 Å². The molecule has 0 saturated heterocycles. The Morgan fingerprint density at radius 2 is 1.80 bits per heavy atom. The maximum absolute atomic E-state index is 5.79. The summed E-state index contributed by atoms with van der Waals surface area (Å²) in [6, 6.07) is 3.84. The monoisotopic (exact) mass is 405 g/mol. The van der Waals surface area contributed by atoms with E-state index in [0.29, 0.717) is 6.61 Å². The van der Waals surface area contributed by atoms with E-state index in [1.165, 1.54) is 25.7 Å². The van der Waals surface area contributed by atoms with Crippen LogP contribution in [0.4, 0.5) is 0 Å². The van der Waals surface area contributed by atoms with Crippen molar-refractivity contribution in [3.63, 3.8) is 0 Å². The number of rotatable bonds is 7. The maximum Gasteiger partial charge on any atom is 0.134 e. The SMILES string of the molecule is COc1cc(Br)c(OCCNCC2CCCC2)cc1Br. The van der Waals surface area contributed by atoms with Gasteiger partial charge in [-0.25, -0.2) is 0 Å². The molecule has 1 fully saturated rings. The third kappa shape index (κ3) is 4.64. The molecule has 3 nitrogen and oxygen atoms in total. The first kappa shape index (κ1) is 16.1. The number of hydrogen-bond donors (Lipinski definition) is 1. The fourth-order valence-corrected chi connectivity index (χ4v) is 3.45. The van der Waals surface area contributed by atoms with Crippen molar-refractivity contribution >= 4 is 31.9 Å². The van der Waals surface area contributed by atoms with Crippen LogP contribution in [0.2, 0.25) is 0 Å². The second kappa shape index (κ2) is 8.25. The first-order valence-corrected chi connectivity index (χ1v) is 8.66. The van der Waals surface area contributed by atoms with Crippen LogP contribution >= 0.6 is 31.9 Å². The summed E-state index contributed by atoms with van der Waals surface area (Å²) in [7, 11) is 1.65. The van der Waals surface area contributed by atoms with Crippen LogP contribution < -0.4 is 14.8 Å². The highest BCUT2D eigenvalue weighted by Crippen LogP contribution is 2.35. The summed E-state index contributed by atoms with van der Waals surface area (Å²) in [6.07, 6.45) is 5.56. The number of ether oxygens (including phenoxy) is 2. The number of halogens is 2. The Kier molecular flexibility index (Phi) is 6.65. The molecule has 1 saturated carbocycles. The van der Waals surface area contributed by atoms with E-state index >= 15 is 0 Å². The maximum atomic E-state index is 5.79. The van der Waals surface area contributed by atoms with E-state index in [9.17, 15) is 0 Å². The van der Waals surface area contributed by atoms with Crippen molar-refractivity contribution in [2.24, 2.45) is 5.92 Å². The fraction of sp³-hybridized carbons (Fsp3) is 0.600. The second-order valence-corrected chi connectivity index (χ2v) is 6.83. The number of benzene rings is 1. The minimum Gasteiger partial charge on any atom is -0.496 e. The summed E-state index contributed by atoms with van der Waals surface area (Å²) in [5, 5.41) is 3.48. The molecule has 0 radical (unpaired) electrons. The van der Waals surface area contributed by atoms with Gasteiger partial charge in [0, 0.05) is 6.54 Å². The highest BCUT2D eigenvalue weighted by atomic mass is 79.9. The first-order chi connectivity index (χ1) is 9.70. The topological polar surface area (TPSA) is 30.5 Å². The summed E-state index contributed by atoms with van der Waals surface area (Å²) in [6.45, 7) is 2.67. The van der Waals surface area contributed by atoms with Gasteiger partial charge in [-0.2, -0.15) is 0 Å². The predicted octanol–water partition coefficient (Wildman–Crippen LogP) is 4.38. The molecule has 5 heteroatoms. The van der Waals surface area contributed by atoms with Crippen LogP contribution in [0.3, 0.4) is 0 Å². The van der Waals surface area contributed by atoms with Gasteiger partial charge in [0.25, 0.3) is 0 Å². The molecular weight excluding hydrogens is 386 g/mol. The lowest BCUT2D eigenvalue weighted by atomic mass is 10.1. The highest BCUT2D eigenvalue weighted by molar-refractivity contribution is 9.11. The average Bonchev–Trinajstić information content (AvgIpc) is 2.95. The molecule has 0 aliphatic heterocycles. The Morgan fingerprint density at radius 1 is 1.15 bits per heavy atom. The third-order valence-electron chi connectivity index (χ3n) is 3.65. The van der Waals surface area contributed by atoms with Gasteiger partial charge in [-0.3, -0.25) is 0 Å². The standard InChI is InChI=1S/C15H21Br2NO2/c1-19-14-8-13(17)15(9-12(14)16)20-7-6-18-10-11-4-2-3-5-11/h8-9,11,18H,2-7,10H2,1H3. The molecule has 0 amide bonds. The minimum atomic E-state index is 0.671. The molecule has 1 aromatic carbocycles. The Balaban J connectivity index is 1.72. The molecule has 0 unspecified atom stereocenters. The Hall–Kier alpha value is -0.260. The van der Waals surface area contributed by atoms with Crippen molar-refractivity contribution in [2.75, 3.05) is 26.8 Å². The molecule has 1 aliphatic carbocycles. The van der Waals surface area contributed by atoms with E-state index in [-0.39, 0.29) is 0 Å². The lowest BCUT2D eigenvalue weighted by Gasteiger charge is -2.13. The van der Waals surface area contributed by atoms with E-state index in [0.717, 1.165) is 39.5 Å². The molecule has 1 aliphatic rings. The van der Waals surface area contributed by atoms with Gasteiger partial charge in [0.2, 0.25) is 0 Å². The molecule has 0 aromatic heterocycles. The minimum absolute atomic E-state index is 0.671. The van der Waals surface area contributed by atoms with Crippen LogP contribution in [-0.2, 0) is 0 Å². The van der Waals surface area contributed by atoms with Crippen molar-refractivity contribution in [2.45, 2.75) is 25.7 Å². The summed E-state index contributed by atoms with van der Waals surface area (Å²) in [5.41, 5.74) is 0. The molecule has 0 heterocycles. The summed E-state index contributed by atoms with van der Waals surface area (Å²) < 4.78 is 12.8. The van der Waals surface area contributed by atoms with Gasteiger partial charge in [0.15, 0.2) is 0 Å². The summed E-state index contributed by atoms with van der Waals surface area (Å²) in [4.78, 5) is 0. The normalized spacial score (nSPS) is 15.6. The molecule has 1 aromatic rings.